The second-order valence-corrected chi connectivity index (χ2v) is 5.85. The van der Waals surface area contributed by atoms with Crippen molar-refractivity contribution in [2.24, 2.45) is 5.92 Å². The second kappa shape index (κ2) is 6.89. The minimum Gasteiger partial charge on any atom is -0.481 e. The van der Waals surface area contributed by atoms with Crippen LogP contribution in [0.5, 0.6) is 0 Å². The van der Waals surface area contributed by atoms with Crippen molar-refractivity contribution in [1.29, 1.82) is 0 Å². The maximum Gasteiger partial charge on any atom is 0.317 e. The van der Waals surface area contributed by atoms with Gasteiger partial charge in [0, 0.05) is 19.6 Å². The largest absolute Gasteiger partial charge is 0.481 e. The van der Waals surface area contributed by atoms with Crippen molar-refractivity contribution in [2.45, 2.75) is 12.8 Å². The summed E-state index contributed by atoms with van der Waals surface area (Å²) in [4.78, 5) is 24.2. The van der Waals surface area contributed by atoms with Crippen LogP contribution in [0, 0.1) is 11.7 Å². The van der Waals surface area contributed by atoms with Gasteiger partial charge in [0.25, 0.3) is 0 Å². The molecule has 1 aliphatic rings. The molecule has 1 saturated heterocycles. The molecule has 0 aromatic heterocycles. The zero-order chi connectivity index (χ0) is 15.4. The summed E-state index contributed by atoms with van der Waals surface area (Å²) in [6, 6.07) is 4.47. The molecule has 7 heteroatoms. The lowest BCUT2D eigenvalue weighted by molar-refractivity contribution is -0.141. The van der Waals surface area contributed by atoms with Gasteiger partial charge in [0.2, 0.25) is 0 Å². The number of benzene rings is 1. The van der Waals surface area contributed by atoms with Gasteiger partial charge < -0.3 is 15.3 Å². The van der Waals surface area contributed by atoms with Gasteiger partial charge in [-0.25, -0.2) is 9.18 Å². The molecule has 0 aliphatic carbocycles. The summed E-state index contributed by atoms with van der Waals surface area (Å²) in [5, 5.41) is 11.6. The fourth-order valence-corrected chi connectivity index (χ4v) is 2.69. The molecule has 1 heterocycles. The van der Waals surface area contributed by atoms with Crippen LogP contribution >= 0.6 is 15.9 Å². The molecule has 2 N–H and O–H groups in total. The van der Waals surface area contributed by atoms with E-state index in [1.54, 1.807) is 12.1 Å². The van der Waals surface area contributed by atoms with E-state index >= 15 is 0 Å². The van der Waals surface area contributed by atoms with Crippen molar-refractivity contribution in [3.8, 4) is 0 Å². The Labute approximate surface area is 130 Å². The van der Waals surface area contributed by atoms with E-state index < -0.39 is 11.9 Å². The first-order chi connectivity index (χ1) is 9.97. The van der Waals surface area contributed by atoms with Crippen molar-refractivity contribution < 1.29 is 19.1 Å². The number of carboxylic acids is 1. The fraction of sp³-hybridized carbons (Fsp3) is 0.429. The summed E-state index contributed by atoms with van der Waals surface area (Å²) in [5.74, 6) is -1.65. The number of carboxylic acid groups (broad SMARTS) is 1. The molecule has 2 amide bonds. The molecular formula is C14H16BrFN2O3. The average molecular weight is 359 g/mol. The van der Waals surface area contributed by atoms with Gasteiger partial charge in [-0.3, -0.25) is 4.79 Å². The maximum absolute atomic E-state index is 13.1. The number of nitrogens with zero attached hydrogens (tertiary/aromatic N) is 1. The predicted octanol–water partition coefficient (Wildman–Crippen LogP) is 2.25. The third-order valence-electron chi connectivity index (χ3n) is 3.50. The molecule has 5 nitrogen and oxygen atoms in total. The maximum atomic E-state index is 13.1. The Hall–Kier alpha value is -1.63. The summed E-state index contributed by atoms with van der Waals surface area (Å²) in [6.45, 7) is 1.14. The average Bonchev–Trinajstić information content (AvgIpc) is 2.92. The van der Waals surface area contributed by atoms with E-state index in [9.17, 15) is 14.0 Å². The van der Waals surface area contributed by atoms with Gasteiger partial charge in [-0.1, -0.05) is 6.07 Å². The summed E-state index contributed by atoms with van der Waals surface area (Å²) >= 11 is 3.11. The monoisotopic (exact) mass is 358 g/mol. The number of hydrogen-bond acceptors (Lipinski definition) is 2. The molecular weight excluding hydrogens is 343 g/mol. The van der Waals surface area contributed by atoms with Crippen molar-refractivity contribution in [3.05, 3.63) is 34.1 Å². The van der Waals surface area contributed by atoms with Crippen molar-refractivity contribution in [3.63, 3.8) is 0 Å². The standard InChI is InChI=1S/C14H16BrFN2O3/c15-11-7-9(1-2-12(11)16)3-5-17-14(21)18-6-4-10(8-18)13(19)20/h1-2,7,10H,3-6,8H2,(H,17,21)(H,19,20). The highest BCUT2D eigenvalue weighted by Gasteiger charge is 2.30. The lowest BCUT2D eigenvalue weighted by Crippen LogP contribution is -2.39. The van der Waals surface area contributed by atoms with Crippen LogP contribution in [-0.4, -0.2) is 41.6 Å². The van der Waals surface area contributed by atoms with Crippen LogP contribution in [0.1, 0.15) is 12.0 Å². The number of carbonyl (C=O) groups is 2. The van der Waals surface area contributed by atoms with E-state index in [1.807, 2.05) is 0 Å². The third-order valence-corrected chi connectivity index (χ3v) is 4.11. The second-order valence-electron chi connectivity index (χ2n) is 5.00. The molecule has 1 atom stereocenters. The number of hydrogen-bond donors (Lipinski definition) is 2. The molecule has 0 spiro atoms. The van der Waals surface area contributed by atoms with Crippen LogP contribution in [0.3, 0.4) is 0 Å². The smallest absolute Gasteiger partial charge is 0.317 e. The first-order valence-corrected chi connectivity index (χ1v) is 7.46. The van der Waals surface area contributed by atoms with Crippen LogP contribution in [0.4, 0.5) is 9.18 Å². The minimum atomic E-state index is -0.860. The Balaban J connectivity index is 1.77. The van der Waals surface area contributed by atoms with E-state index in [0.29, 0.717) is 30.4 Å². The highest BCUT2D eigenvalue weighted by molar-refractivity contribution is 9.10. The highest BCUT2D eigenvalue weighted by Crippen LogP contribution is 2.17. The van der Waals surface area contributed by atoms with Crippen LogP contribution in [-0.2, 0) is 11.2 Å². The molecule has 1 fully saturated rings. The molecule has 1 unspecified atom stereocenters. The SMILES string of the molecule is O=C(O)C1CCN(C(=O)NCCc2ccc(F)c(Br)c2)C1. The van der Waals surface area contributed by atoms with E-state index in [2.05, 4.69) is 21.2 Å². The number of carbonyl (C=O) groups excluding carboxylic acids is 1. The highest BCUT2D eigenvalue weighted by atomic mass is 79.9. The molecule has 1 aromatic rings. The van der Waals surface area contributed by atoms with E-state index in [0.717, 1.165) is 5.56 Å². The van der Waals surface area contributed by atoms with E-state index in [-0.39, 0.29) is 18.4 Å². The lowest BCUT2D eigenvalue weighted by Gasteiger charge is -2.16. The first kappa shape index (κ1) is 15.8. The van der Waals surface area contributed by atoms with E-state index in [4.69, 9.17) is 5.11 Å². The molecule has 2 rings (SSSR count). The first-order valence-electron chi connectivity index (χ1n) is 6.67. The number of halogens is 2. The Kier molecular flexibility index (Phi) is 5.17. The fourth-order valence-electron chi connectivity index (χ4n) is 2.27. The van der Waals surface area contributed by atoms with Crippen molar-refractivity contribution in [2.75, 3.05) is 19.6 Å². The molecule has 1 aliphatic heterocycles. The number of urea groups is 1. The van der Waals surface area contributed by atoms with Gasteiger partial charge in [0.05, 0.1) is 10.4 Å². The summed E-state index contributed by atoms with van der Waals surface area (Å²) < 4.78 is 13.5. The van der Waals surface area contributed by atoms with Gasteiger partial charge in [-0.05, 0) is 46.5 Å². The number of aliphatic carboxylic acids is 1. The molecule has 0 saturated carbocycles. The van der Waals surface area contributed by atoms with Crippen LogP contribution in [0.2, 0.25) is 0 Å². The summed E-state index contributed by atoms with van der Waals surface area (Å²) in [6.07, 6.45) is 1.08. The third kappa shape index (κ3) is 4.17. The molecule has 114 valence electrons. The molecule has 1 aromatic carbocycles. The van der Waals surface area contributed by atoms with Gasteiger partial charge in [0.1, 0.15) is 5.82 Å². The van der Waals surface area contributed by atoms with Crippen molar-refractivity contribution in [1.82, 2.24) is 10.2 Å². The molecule has 0 radical (unpaired) electrons. The Morgan fingerprint density at radius 2 is 2.24 bits per heavy atom. The number of likely N-dealkylation sites (tertiary alicyclic amines) is 1. The Bertz CT molecular complexity index is 553. The zero-order valence-corrected chi connectivity index (χ0v) is 12.9. The van der Waals surface area contributed by atoms with Crippen molar-refractivity contribution >= 4 is 27.9 Å². The topological polar surface area (TPSA) is 69.6 Å². The van der Waals surface area contributed by atoms with Crippen LogP contribution in [0.15, 0.2) is 22.7 Å². The minimum absolute atomic E-state index is 0.250. The van der Waals surface area contributed by atoms with E-state index in [1.165, 1.54) is 11.0 Å². The summed E-state index contributed by atoms with van der Waals surface area (Å²) in [5.41, 5.74) is 0.911. The molecule has 0 bridgehead atoms. The van der Waals surface area contributed by atoms with Gasteiger partial charge in [-0.15, -0.1) is 0 Å². The molecule has 21 heavy (non-hydrogen) atoms. The number of nitrogens with one attached hydrogen (secondary N) is 1. The van der Waals surface area contributed by atoms with Crippen LogP contribution < -0.4 is 5.32 Å². The van der Waals surface area contributed by atoms with Gasteiger partial charge in [0.15, 0.2) is 0 Å². The Morgan fingerprint density at radius 3 is 2.86 bits per heavy atom. The number of amides is 2. The Morgan fingerprint density at radius 1 is 1.48 bits per heavy atom. The zero-order valence-electron chi connectivity index (χ0n) is 11.3. The lowest BCUT2D eigenvalue weighted by atomic mass is 10.1. The predicted molar refractivity (Wildman–Crippen MR) is 78.5 cm³/mol. The number of rotatable bonds is 4. The summed E-state index contributed by atoms with van der Waals surface area (Å²) in [7, 11) is 0. The quantitative estimate of drug-likeness (QED) is 0.867. The van der Waals surface area contributed by atoms with Gasteiger partial charge in [-0.2, -0.15) is 0 Å². The van der Waals surface area contributed by atoms with Crippen LogP contribution in [0.25, 0.3) is 0 Å². The normalized spacial score (nSPS) is 17.8. The van der Waals surface area contributed by atoms with Gasteiger partial charge >= 0.3 is 12.0 Å².